The molecule has 3 N–H and O–H groups in total. The quantitative estimate of drug-likeness (QED) is 0.841. The van der Waals surface area contributed by atoms with Crippen molar-refractivity contribution in [1.82, 2.24) is 5.32 Å². The predicted octanol–water partition coefficient (Wildman–Crippen LogP) is 2.16. The molecule has 1 amide bonds. The van der Waals surface area contributed by atoms with E-state index >= 15 is 0 Å². The molecule has 0 aromatic heterocycles. The fourth-order valence-electron chi connectivity index (χ4n) is 1.24. The van der Waals surface area contributed by atoms with Gasteiger partial charge in [0.05, 0.1) is 13.1 Å². The molecule has 1 aromatic carbocycles. The predicted molar refractivity (Wildman–Crippen MR) is 75.9 cm³/mol. The molecular weight excluding hydrogens is 313 g/mol. The second kappa shape index (κ2) is 8.24. The minimum absolute atomic E-state index is 0. The van der Waals surface area contributed by atoms with E-state index in [-0.39, 0.29) is 19.0 Å². The molecule has 4 nitrogen and oxygen atoms in total. The molecule has 1 aromatic rings. The first kappa shape index (κ1) is 18.9. The van der Waals surface area contributed by atoms with Gasteiger partial charge in [0.1, 0.15) is 5.75 Å². The highest BCUT2D eigenvalue weighted by Gasteiger charge is 2.27. The van der Waals surface area contributed by atoms with E-state index in [1.807, 2.05) is 0 Å². The number of carbonyl (C=O) groups excluding carboxylic acids is 1. The van der Waals surface area contributed by atoms with Crippen molar-refractivity contribution in [3.8, 4) is 5.75 Å². The summed E-state index contributed by atoms with van der Waals surface area (Å²) in [6, 6.07) is 5.00. The number of ether oxygens (including phenoxy) is 1. The van der Waals surface area contributed by atoms with E-state index in [1.54, 1.807) is 25.1 Å². The van der Waals surface area contributed by atoms with Crippen LogP contribution >= 0.6 is 24.0 Å². The summed E-state index contributed by atoms with van der Waals surface area (Å²) in [5.74, 6) is -3.32. The largest absolute Gasteiger partial charge is 0.483 e. The molecule has 8 heteroatoms. The number of halogens is 4. The first-order chi connectivity index (χ1) is 8.85. The van der Waals surface area contributed by atoms with E-state index < -0.39 is 24.9 Å². The summed E-state index contributed by atoms with van der Waals surface area (Å²) in [6.07, 6.45) is 0. The molecule has 0 atom stereocenters. The number of benzene rings is 1. The minimum Gasteiger partial charge on any atom is -0.483 e. The molecule has 0 saturated heterocycles. The fourth-order valence-corrected chi connectivity index (χ4v) is 1.40. The zero-order valence-electron chi connectivity index (χ0n) is 10.8. The van der Waals surface area contributed by atoms with Crippen LogP contribution in [0.25, 0.3) is 0 Å². The Balaban J connectivity index is 0.00000361. The highest BCUT2D eigenvalue weighted by atomic mass is 35.5. The first-order valence-corrected chi connectivity index (χ1v) is 5.96. The van der Waals surface area contributed by atoms with Crippen molar-refractivity contribution in [3.63, 3.8) is 0 Å². The van der Waals surface area contributed by atoms with Crippen LogP contribution in [0.15, 0.2) is 18.2 Å². The molecule has 0 fully saturated rings. The lowest BCUT2D eigenvalue weighted by Gasteiger charge is -2.15. The molecular formula is C12H16Cl2F2N2O2. The van der Waals surface area contributed by atoms with Gasteiger partial charge in [0.25, 0.3) is 11.8 Å². The molecule has 0 bridgehead atoms. The van der Waals surface area contributed by atoms with Gasteiger partial charge in [-0.1, -0.05) is 17.7 Å². The summed E-state index contributed by atoms with van der Waals surface area (Å²) in [5.41, 5.74) is 5.53. The summed E-state index contributed by atoms with van der Waals surface area (Å²) in [6.45, 7) is -0.248. The van der Waals surface area contributed by atoms with Crippen LogP contribution in [0.4, 0.5) is 8.78 Å². The van der Waals surface area contributed by atoms with Crippen LogP contribution in [-0.4, -0.2) is 31.5 Å². The molecule has 0 aliphatic heterocycles. The molecule has 1 rings (SSSR count). The lowest BCUT2D eigenvalue weighted by atomic mass is 10.2. The van der Waals surface area contributed by atoms with Crippen molar-refractivity contribution in [2.45, 2.75) is 12.8 Å². The van der Waals surface area contributed by atoms with Gasteiger partial charge in [-0.3, -0.25) is 4.79 Å². The maximum atomic E-state index is 12.8. The zero-order chi connectivity index (χ0) is 14.5. The summed E-state index contributed by atoms with van der Waals surface area (Å²) >= 11 is 5.88. The highest BCUT2D eigenvalue weighted by molar-refractivity contribution is 6.31. The smallest absolute Gasteiger partial charge is 0.277 e. The van der Waals surface area contributed by atoms with Crippen LogP contribution in [-0.2, 0) is 4.79 Å². The molecule has 0 radical (unpaired) electrons. The van der Waals surface area contributed by atoms with Gasteiger partial charge in [-0.2, -0.15) is 0 Å². The number of nitrogens with two attached hydrogens (primary N) is 1. The first-order valence-electron chi connectivity index (χ1n) is 5.58. The average molecular weight is 329 g/mol. The Morgan fingerprint density at radius 3 is 2.75 bits per heavy atom. The van der Waals surface area contributed by atoms with E-state index in [0.29, 0.717) is 16.3 Å². The second-order valence-electron chi connectivity index (χ2n) is 3.99. The Morgan fingerprint density at radius 2 is 2.15 bits per heavy atom. The number of nitrogens with one attached hydrogen (secondary N) is 1. The zero-order valence-corrected chi connectivity index (χ0v) is 12.4. The molecule has 0 unspecified atom stereocenters. The Kier molecular flexibility index (Phi) is 7.78. The van der Waals surface area contributed by atoms with Gasteiger partial charge in [-0.05, 0) is 19.1 Å². The number of rotatable bonds is 6. The normalized spacial score (nSPS) is 10.7. The molecule has 0 saturated carbocycles. The maximum Gasteiger partial charge on any atom is 0.277 e. The van der Waals surface area contributed by atoms with Gasteiger partial charge in [-0.25, -0.2) is 8.78 Å². The third-order valence-electron chi connectivity index (χ3n) is 2.42. The monoisotopic (exact) mass is 328 g/mol. The van der Waals surface area contributed by atoms with Crippen molar-refractivity contribution in [2.75, 3.05) is 19.7 Å². The van der Waals surface area contributed by atoms with Gasteiger partial charge >= 0.3 is 0 Å². The van der Waals surface area contributed by atoms with Gasteiger partial charge < -0.3 is 15.8 Å². The van der Waals surface area contributed by atoms with E-state index in [1.165, 1.54) is 0 Å². The van der Waals surface area contributed by atoms with E-state index in [4.69, 9.17) is 22.1 Å². The molecule has 0 aliphatic carbocycles. The molecule has 0 aliphatic rings. The third-order valence-corrected chi connectivity index (χ3v) is 2.83. The van der Waals surface area contributed by atoms with Gasteiger partial charge in [0, 0.05) is 10.6 Å². The lowest BCUT2D eigenvalue weighted by Crippen LogP contribution is -2.43. The van der Waals surface area contributed by atoms with E-state index in [2.05, 4.69) is 5.32 Å². The fraction of sp³-hybridized carbons (Fsp3) is 0.417. The van der Waals surface area contributed by atoms with Crippen LogP contribution in [0.3, 0.4) is 0 Å². The standard InChI is InChI=1S/C12H15ClF2N2O2.ClH/c1-8-9(13)3-2-4-10(8)19-5-11(18)17-7-12(14,15)6-16;/h2-4H,5-7,16H2,1H3,(H,17,18);1H. The van der Waals surface area contributed by atoms with Crippen LogP contribution in [0.1, 0.15) is 5.56 Å². The summed E-state index contributed by atoms with van der Waals surface area (Å²) in [4.78, 5) is 11.3. The Labute approximate surface area is 127 Å². The Hall–Kier alpha value is -1.11. The minimum atomic E-state index is -3.11. The lowest BCUT2D eigenvalue weighted by molar-refractivity contribution is -0.124. The topological polar surface area (TPSA) is 64.3 Å². The number of hydrogen-bond acceptors (Lipinski definition) is 3. The van der Waals surface area contributed by atoms with Crippen LogP contribution in [0, 0.1) is 6.92 Å². The summed E-state index contributed by atoms with van der Waals surface area (Å²) < 4.78 is 30.8. The molecule has 114 valence electrons. The van der Waals surface area contributed by atoms with Crippen LogP contribution < -0.4 is 15.8 Å². The Bertz CT molecular complexity index is 459. The number of amides is 1. The van der Waals surface area contributed by atoms with E-state index in [0.717, 1.165) is 0 Å². The number of alkyl halides is 2. The summed E-state index contributed by atoms with van der Waals surface area (Å²) in [7, 11) is 0. The third kappa shape index (κ3) is 5.90. The van der Waals surface area contributed by atoms with Crippen molar-refractivity contribution >= 4 is 29.9 Å². The molecule has 0 heterocycles. The van der Waals surface area contributed by atoms with Gasteiger partial charge in [0.15, 0.2) is 6.61 Å². The highest BCUT2D eigenvalue weighted by Crippen LogP contribution is 2.24. The maximum absolute atomic E-state index is 12.8. The molecule has 0 spiro atoms. The SMILES string of the molecule is Cc1c(Cl)cccc1OCC(=O)NCC(F)(F)CN.Cl. The van der Waals surface area contributed by atoms with Gasteiger partial charge in [-0.15, -0.1) is 12.4 Å². The van der Waals surface area contributed by atoms with E-state index in [9.17, 15) is 13.6 Å². The van der Waals surface area contributed by atoms with Crippen LogP contribution in [0.5, 0.6) is 5.75 Å². The van der Waals surface area contributed by atoms with Crippen molar-refractivity contribution < 1.29 is 18.3 Å². The summed E-state index contributed by atoms with van der Waals surface area (Å²) in [5, 5.41) is 2.56. The molecule has 20 heavy (non-hydrogen) atoms. The average Bonchev–Trinajstić information content (AvgIpc) is 2.38. The second-order valence-corrected chi connectivity index (χ2v) is 4.40. The van der Waals surface area contributed by atoms with Crippen molar-refractivity contribution in [2.24, 2.45) is 5.73 Å². The number of hydrogen-bond donors (Lipinski definition) is 2. The van der Waals surface area contributed by atoms with Crippen LogP contribution in [0.2, 0.25) is 5.02 Å². The Morgan fingerprint density at radius 1 is 1.50 bits per heavy atom. The van der Waals surface area contributed by atoms with Crippen molar-refractivity contribution in [3.05, 3.63) is 28.8 Å². The van der Waals surface area contributed by atoms with Crippen molar-refractivity contribution in [1.29, 1.82) is 0 Å². The van der Waals surface area contributed by atoms with Gasteiger partial charge in [0.2, 0.25) is 0 Å². The number of carbonyl (C=O) groups is 1.